The van der Waals surface area contributed by atoms with E-state index in [1.54, 1.807) is 65.8 Å². The molecule has 0 aromatic heterocycles. The molecule has 0 unspecified atom stereocenters. The molecule has 0 fully saturated rings. The Morgan fingerprint density at radius 1 is 0.373 bits per heavy atom. The molecule has 21 nitrogen and oxygen atoms in total. The Kier molecular flexibility index (Phi) is 51.9. The summed E-state index contributed by atoms with van der Waals surface area (Å²) < 4.78 is 93.8. The Morgan fingerprint density at radius 2 is 0.627 bits per heavy atom. The molecule has 0 aliphatic carbocycles. The summed E-state index contributed by atoms with van der Waals surface area (Å²) in [6.07, 6.45) is 1.80. The van der Waals surface area contributed by atoms with E-state index in [1.807, 2.05) is 41.5 Å². The topological polar surface area (TPSA) is 217 Å². The summed E-state index contributed by atoms with van der Waals surface area (Å²) in [5.41, 5.74) is 5.89. The van der Waals surface area contributed by atoms with Crippen LogP contribution in [-0.2, 0) is 95.0 Å². The molecule has 0 aromatic carbocycles. The first-order valence-electron chi connectivity index (χ1n) is 21.4. The molecule has 67 heavy (non-hydrogen) atoms. The first-order chi connectivity index (χ1) is 31.8. The molecule has 26 heteroatoms. The summed E-state index contributed by atoms with van der Waals surface area (Å²) in [6, 6.07) is 0.683. The van der Waals surface area contributed by atoms with E-state index in [1.165, 1.54) is 0 Å². The number of carbonyl (C=O) groups excluding carboxylic acids is 3. The summed E-state index contributed by atoms with van der Waals surface area (Å²) in [4.78, 5) is 32.3. The van der Waals surface area contributed by atoms with Gasteiger partial charge in [0.05, 0.1) is 39.6 Å². The maximum atomic E-state index is 10.8. The normalized spacial score (nSPS) is 11.3. The zero-order chi connectivity index (χ0) is 52.7. The molecule has 0 saturated heterocycles. The molecule has 0 radical (unpaired) electrons. The number of hydrogen-bond acceptors (Lipinski definition) is 21. The van der Waals surface area contributed by atoms with Gasteiger partial charge in [0.25, 0.3) is 17.9 Å². The Bertz CT molecular complexity index is 1170. The van der Waals surface area contributed by atoms with E-state index in [2.05, 4.69) is 32.9 Å². The quantitative estimate of drug-likeness (QED) is 0.0427. The second-order valence-corrected chi connectivity index (χ2v) is 24.6. The number of allylic oxidation sites excluding steroid dienone is 1. The standard InChI is InChI=1S/C11H24O6Si.C9H20O3Si.C8H12O6Si.C8H18O3Si.C5H12O3Si/c1-5-18(15-9-6-12-2,16-10-7-13-3)17-11-8-14-4;1-5-9-13(10-6-2,11-7-3)12-8-4;1-5-15(12-6(2)9,13-7(3)10)14-8(4)11;1-5-9-12(8-4,10-6-2)11-7-3;1-5-9(6-2,7-3)8-4/h5H,1,6-11H2,2-4H3;5H,1,6-9H2,2-4H3;5H,1H2,2-4H3;8H,4-7H2,1-3H3;5H,1H2,2-4H3. The predicted molar refractivity (Wildman–Crippen MR) is 264 cm³/mol. The van der Waals surface area contributed by atoms with Crippen molar-refractivity contribution in [1.82, 2.24) is 0 Å². The third-order valence-corrected chi connectivity index (χ3v) is 19.3. The van der Waals surface area contributed by atoms with E-state index in [4.69, 9.17) is 80.6 Å². The lowest BCUT2D eigenvalue weighted by Crippen LogP contribution is -2.47. The SMILES string of the molecule is C=CC[Si](OCC)(OCC)OCC.C=C[Si](OC(C)=O)(OC(C)=O)OC(C)=O.C=C[Si](OC)(OC)OC.C=C[Si](OCC)(OCC)OCC.C=C[Si](OCCOC)(OCCOC)OCCOC. The van der Waals surface area contributed by atoms with Gasteiger partial charge in [-0.1, -0.05) is 32.4 Å². The summed E-state index contributed by atoms with van der Waals surface area (Å²) >= 11 is 0. The van der Waals surface area contributed by atoms with Crippen molar-refractivity contribution < 1.29 is 95.0 Å². The van der Waals surface area contributed by atoms with Crippen LogP contribution in [0.5, 0.6) is 0 Å². The minimum absolute atomic E-state index is 0.398. The van der Waals surface area contributed by atoms with E-state index in [0.29, 0.717) is 85.3 Å². The van der Waals surface area contributed by atoms with Crippen molar-refractivity contribution in [3.8, 4) is 0 Å². The van der Waals surface area contributed by atoms with Gasteiger partial charge in [0, 0.05) is 115 Å². The van der Waals surface area contributed by atoms with Crippen molar-refractivity contribution in [1.29, 1.82) is 0 Å². The van der Waals surface area contributed by atoms with E-state index in [0.717, 1.165) is 26.5 Å². The average Bonchev–Trinajstić information content (AvgIpc) is 3.28. The smallest absolute Gasteiger partial charge is 0.452 e. The van der Waals surface area contributed by atoms with Crippen LogP contribution in [0.2, 0.25) is 6.04 Å². The van der Waals surface area contributed by atoms with Crippen LogP contribution in [0, 0.1) is 0 Å². The lowest BCUT2D eigenvalue weighted by Gasteiger charge is -2.27. The summed E-state index contributed by atoms with van der Waals surface area (Å²) in [7, 11) is -4.49. The average molecular weight is 1060 g/mol. The number of carbonyl (C=O) groups is 3. The number of rotatable bonds is 36. The molecule has 0 atom stereocenters. The molecule has 0 aliphatic rings. The van der Waals surface area contributed by atoms with Crippen molar-refractivity contribution >= 4 is 61.9 Å². The zero-order valence-corrected chi connectivity index (χ0v) is 48.2. The Hall–Kier alpha value is -2.41. The summed E-state index contributed by atoms with van der Waals surface area (Å²) in [5, 5.41) is 0. The molecule has 0 spiro atoms. The molecule has 0 rings (SSSR count). The van der Waals surface area contributed by atoms with Gasteiger partial charge in [-0.05, 0) is 58.6 Å². The van der Waals surface area contributed by atoms with Crippen molar-refractivity contribution in [3.05, 3.63) is 61.8 Å². The van der Waals surface area contributed by atoms with Crippen molar-refractivity contribution in [2.24, 2.45) is 0 Å². The van der Waals surface area contributed by atoms with Crippen LogP contribution in [0.3, 0.4) is 0 Å². The van der Waals surface area contributed by atoms with Gasteiger partial charge in [-0.25, -0.2) is 0 Å². The largest absolute Gasteiger partial charge is 0.734 e. The third kappa shape index (κ3) is 38.1. The van der Waals surface area contributed by atoms with Crippen LogP contribution in [0.25, 0.3) is 0 Å². The third-order valence-electron chi connectivity index (χ3n) is 7.01. The van der Waals surface area contributed by atoms with Gasteiger partial charge in [0.2, 0.25) is 0 Å². The fourth-order valence-electron chi connectivity index (χ4n) is 4.44. The number of methoxy groups -OCH3 is 3. The van der Waals surface area contributed by atoms with Crippen LogP contribution in [0.4, 0.5) is 0 Å². The highest BCUT2D eigenvalue weighted by atomic mass is 28.4. The lowest BCUT2D eigenvalue weighted by atomic mass is 10.8. The van der Waals surface area contributed by atoms with Gasteiger partial charge in [-0.3, -0.25) is 14.4 Å². The van der Waals surface area contributed by atoms with Crippen molar-refractivity contribution in [3.63, 3.8) is 0 Å². The van der Waals surface area contributed by atoms with Gasteiger partial charge < -0.3 is 80.6 Å². The molecular formula is C41H86O21Si5. The number of hydrogen-bond donors (Lipinski definition) is 0. The highest BCUT2D eigenvalue weighted by Crippen LogP contribution is 2.16. The van der Waals surface area contributed by atoms with E-state index in [-0.39, 0.29) is 0 Å². The highest BCUT2D eigenvalue weighted by molar-refractivity contribution is 6.70. The summed E-state index contributed by atoms with van der Waals surface area (Å²) in [6.45, 7) is 39.2. The monoisotopic (exact) mass is 1050 g/mol. The molecule has 0 saturated carbocycles. The maximum Gasteiger partial charge on any atom is 0.734 e. The fraction of sp³-hybridized carbons (Fsp3) is 0.683. The minimum Gasteiger partial charge on any atom is -0.452 e. The van der Waals surface area contributed by atoms with Crippen LogP contribution in [0.1, 0.15) is 62.3 Å². The molecule has 0 aromatic rings. The zero-order valence-electron chi connectivity index (χ0n) is 43.2. The van der Waals surface area contributed by atoms with Gasteiger partial charge in [0.1, 0.15) is 0 Å². The first kappa shape index (κ1) is 73.6. The number of ether oxygens (including phenoxy) is 3. The van der Waals surface area contributed by atoms with E-state index < -0.39 is 61.9 Å². The molecule has 396 valence electrons. The van der Waals surface area contributed by atoms with Crippen molar-refractivity contribution in [2.45, 2.75) is 68.4 Å². The highest BCUT2D eigenvalue weighted by Gasteiger charge is 2.49. The van der Waals surface area contributed by atoms with Gasteiger partial charge in [0.15, 0.2) is 0 Å². The van der Waals surface area contributed by atoms with Gasteiger partial charge in [-0.2, -0.15) is 0 Å². The van der Waals surface area contributed by atoms with Crippen LogP contribution in [0.15, 0.2) is 61.8 Å². The van der Waals surface area contributed by atoms with Crippen LogP contribution >= 0.6 is 0 Å². The molecule has 0 heterocycles. The first-order valence-corrected chi connectivity index (χ1v) is 30.5. The maximum absolute atomic E-state index is 10.8. The Labute approximate surface area is 407 Å². The predicted octanol–water partition coefficient (Wildman–Crippen LogP) is 5.55. The Balaban J connectivity index is -0.000000243. The van der Waals surface area contributed by atoms with E-state index in [9.17, 15) is 14.4 Å². The van der Waals surface area contributed by atoms with Crippen LogP contribution in [-0.4, -0.2) is 184 Å². The second kappa shape index (κ2) is 47.3. The second-order valence-electron chi connectivity index (χ2n) is 11.9. The van der Waals surface area contributed by atoms with Gasteiger partial charge >= 0.3 is 44.0 Å². The van der Waals surface area contributed by atoms with Crippen LogP contribution < -0.4 is 0 Å². The molecule has 0 amide bonds. The van der Waals surface area contributed by atoms with Gasteiger partial charge in [-0.15, -0.1) is 6.58 Å². The van der Waals surface area contributed by atoms with Crippen molar-refractivity contribution in [2.75, 3.05) is 122 Å². The molecule has 0 bridgehead atoms. The fourth-order valence-corrected chi connectivity index (χ4v) is 12.8. The minimum atomic E-state index is -3.74. The molecule has 0 aliphatic heterocycles. The molecule has 0 N–H and O–H groups in total. The lowest BCUT2D eigenvalue weighted by molar-refractivity contribution is -0.146. The van der Waals surface area contributed by atoms with E-state index >= 15 is 0 Å². The Morgan fingerprint density at radius 3 is 0.791 bits per heavy atom. The summed E-state index contributed by atoms with van der Waals surface area (Å²) in [5.74, 6) is -2.16. The molecular weight excluding hydrogens is 969 g/mol.